The number of amides is 2. The summed E-state index contributed by atoms with van der Waals surface area (Å²) >= 11 is 6.62. The molecule has 0 saturated heterocycles. The molecule has 2 aromatic carbocycles. The fourth-order valence-electron chi connectivity index (χ4n) is 3.62. The average molecular weight is 530 g/mol. The lowest BCUT2D eigenvalue weighted by molar-refractivity contribution is 0.256. The van der Waals surface area contributed by atoms with Gasteiger partial charge in [0.25, 0.3) is 15.6 Å². The third kappa shape index (κ3) is 5.02. The quantitative estimate of drug-likeness (QED) is 0.338. The number of hydrogen-bond donors (Lipinski definition) is 3. The minimum atomic E-state index is -4.03. The molecule has 2 heterocycles. The van der Waals surface area contributed by atoms with Crippen LogP contribution in [0.2, 0.25) is 4.34 Å². The van der Waals surface area contributed by atoms with Gasteiger partial charge in [-0.25, -0.2) is 22.9 Å². The van der Waals surface area contributed by atoms with E-state index < -0.39 is 16.1 Å². The summed E-state index contributed by atoms with van der Waals surface area (Å²) in [6, 6.07) is 14.3. The maximum atomic E-state index is 13.2. The van der Waals surface area contributed by atoms with Crippen molar-refractivity contribution in [2.24, 2.45) is 0 Å². The fourth-order valence-corrected chi connectivity index (χ4v) is 6.01. The Morgan fingerprint density at radius 3 is 2.46 bits per heavy atom. The fraction of sp³-hybridized carbons (Fsp3) is 0.174. The highest BCUT2D eigenvalue weighted by Gasteiger charge is 2.21. The van der Waals surface area contributed by atoms with Crippen LogP contribution in [0.1, 0.15) is 18.7 Å². The van der Waals surface area contributed by atoms with Crippen molar-refractivity contribution in [1.82, 2.24) is 14.3 Å². The Kier molecular flexibility index (Phi) is 5.99. The van der Waals surface area contributed by atoms with Crippen LogP contribution in [0.25, 0.3) is 16.6 Å². The van der Waals surface area contributed by atoms with Gasteiger partial charge in [-0.15, -0.1) is 11.3 Å². The van der Waals surface area contributed by atoms with Crippen molar-refractivity contribution in [1.29, 1.82) is 0 Å². The van der Waals surface area contributed by atoms with Crippen LogP contribution >= 0.6 is 22.9 Å². The number of anilines is 2. The van der Waals surface area contributed by atoms with Crippen LogP contribution in [0.15, 0.2) is 63.6 Å². The molecule has 0 aliphatic heterocycles. The van der Waals surface area contributed by atoms with E-state index in [0.717, 1.165) is 29.9 Å². The van der Waals surface area contributed by atoms with E-state index in [9.17, 15) is 18.0 Å². The van der Waals surface area contributed by atoms with Crippen LogP contribution in [-0.4, -0.2) is 30.0 Å². The Bertz CT molecular complexity index is 1610. The molecule has 1 aliphatic rings. The zero-order chi connectivity index (χ0) is 24.7. The predicted octanol–water partition coefficient (Wildman–Crippen LogP) is 4.49. The molecular formula is C23H20ClN5O4S2. The lowest BCUT2D eigenvalue weighted by atomic mass is 10.2. The van der Waals surface area contributed by atoms with Gasteiger partial charge in [-0.2, -0.15) is 0 Å². The molecule has 35 heavy (non-hydrogen) atoms. The van der Waals surface area contributed by atoms with Crippen LogP contribution < -0.4 is 20.9 Å². The number of carbonyl (C=O) groups is 1. The van der Waals surface area contributed by atoms with Gasteiger partial charge in [0.05, 0.1) is 20.9 Å². The van der Waals surface area contributed by atoms with Gasteiger partial charge in [0.2, 0.25) is 0 Å². The van der Waals surface area contributed by atoms with E-state index in [1.807, 2.05) is 16.9 Å². The number of halogens is 1. The molecular weight excluding hydrogens is 510 g/mol. The average Bonchev–Trinajstić information content (AvgIpc) is 3.49. The second kappa shape index (κ2) is 8.99. The standard InChI is InChI=1S/C23H20ClN5O4S2/c1-13-25-19-12-16(26-14-2-3-14)6-9-18(19)22(30)29(13)17-7-4-15(5-8-17)27-23(31)28-35(32,33)21-11-10-20(24)34-21/h4-12,14,26H,2-3H2,1H3,(H2,27,28,31). The summed E-state index contributed by atoms with van der Waals surface area (Å²) in [5.74, 6) is 0.519. The first kappa shape index (κ1) is 23.3. The molecule has 0 unspecified atom stereocenters. The molecule has 1 saturated carbocycles. The molecule has 12 heteroatoms. The lowest BCUT2D eigenvalue weighted by Crippen LogP contribution is -2.33. The number of fused-ring (bicyclic) bond motifs is 1. The molecule has 0 spiro atoms. The molecule has 0 bridgehead atoms. The molecule has 0 radical (unpaired) electrons. The number of rotatable bonds is 6. The Labute approximate surface area is 209 Å². The molecule has 0 atom stereocenters. The third-order valence-electron chi connectivity index (χ3n) is 5.41. The molecule has 1 aliphatic carbocycles. The number of benzene rings is 2. The Morgan fingerprint density at radius 1 is 1.09 bits per heavy atom. The summed E-state index contributed by atoms with van der Waals surface area (Å²) in [5, 5.41) is 6.38. The summed E-state index contributed by atoms with van der Waals surface area (Å²) in [4.78, 5) is 30.0. The number of sulfonamides is 1. The molecule has 1 fully saturated rings. The van der Waals surface area contributed by atoms with Crippen molar-refractivity contribution in [3.05, 3.63) is 75.1 Å². The zero-order valence-corrected chi connectivity index (χ0v) is 20.8. The number of nitrogens with zero attached hydrogens (tertiary/aromatic N) is 2. The number of nitrogens with one attached hydrogen (secondary N) is 3. The third-order valence-corrected chi connectivity index (χ3v) is 8.46. The van der Waals surface area contributed by atoms with Crippen molar-refractivity contribution < 1.29 is 13.2 Å². The number of aromatic nitrogens is 2. The predicted molar refractivity (Wildman–Crippen MR) is 137 cm³/mol. The number of aryl methyl sites for hydroxylation is 1. The second-order valence-corrected chi connectivity index (χ2v) is 11.7. The number of thiophene rings is 1. The molecule has 3 N–H and O–H groups in total. The van der Waals surface area contributed by atoms with Gasteiger partial charge in [0.15, 0.2) is 0 Å². The van der Waals surface area contributed by atoms with E-state index in [0.29, 0.717) is 38.5 Å². The highest BCUT2D eigenvalue weighted by molar-refractivity contribution is 7.92. The van der Waals surface area contributed by atoms with Crippen LogP contribution in [0.3, 0.4) is 0 Å². The van der Waals surface area contributed by atoms with E-state index in [2.05, 4.69) is 15.6 Å². The maximum absolute atomic E-state index is 13.2. The van der Waals surface area contributed by atoms with Gasteiger partial charge in [0, 0.05) is 17.4 Å². The van der Waals surface area contributed by atoms with E-state index >= 15 is 0 Å². The van der Waals surface area contributed by atoms with Crippen LogP contribution in [0.5, 0.6) is 0 Å². The van der Waals surface area contributed by atoms with Crippen molar-refractivity contribution in [2.45, 2.75) is 30.0 Å². The zero-order valence-electron chi connectivity index (χ0n) is 18.4. The van der Waals surface area contributed by atoms with Gasteiger partial charge in [0.1, 0.15) is 10.0 Å². The highest BCUT2D eigenvalue weighted by atomic mass is 35.5. The number of carbonyl (C=O) groups excluding carboxylic acids is 1. The maximum Gasteiger partial charge on any atom is 0.333 e. The van der Waals surface area contributed by atoms with Crippen molar-refractivity contribution in [3.8, 4) is 5.69 Å². The molecule has 4 aromatic rings. The van der Waals surface area contributed by atoms with E-state index in [1.165, 1.54) is 16.7 Å². The topological polar surface area (TPSA) is 122 Å². The van der Waals surface area contributed by atoms with Gasteiger partial charge in [-0.05, 0) is 74.4 Å². The van der Waals surface area contributed by atoms with Crippen molar-refractivity contribution >= 4 is 61.3 Å². The Hall–Kier alpha value is -3.41. The van der Waals surface area contributed by atoms with Gasteiger partial charge < -0.3 is 10.6 Å². The first-order valence-electron chi connectivity index (χ1n) is 10.7. The number of urea groups is 1. The van der Waals surface area contributed by atoms with Crippen LogP contribution in [0, 0.1) is 6.92 Å². The van der Waals surface area contributed by atoms with E-state index in [1.54, 1.807) is 37.3 Å². The van der Waals surface area contributed by atoms with Crippen molar-refractivity contribution in [2.75, 3.05) is 10.6 Å². The molecule has 2 amide bonds. The summed E-state index contributed by atoms with van der Waals surface area (Å²) in [6.07, 6.45) is 2.30. The normalized spacial score (nSPS) is 13.5. The second-order valence-electron chi connectivity index (χ2n) is 8.12. The van der Waals surface area contributed by atoms with Gasteiger partial charge in [-0.3, -0.25) is 9.36 Å². The smallest absolute Gasteiger partial charge is 0.333 e. The largest absolute Gasteiger partial charge is 0.382 e. The SMILES string of the molecule is Cc1nc2cc(NC3CC3)ccc2c(=O)n1-c1ccc(NC(=O)NS(=O)(=O)c2ccc(Cl)s2)cc1. The monoisotopic (exact) mass is 529 g/mol. The van der Waals surface area contributed by atoms with Crippen molar-refractivity contribution in [3.63, 3.8) is 0 Å². The van der Waals surface area contributed by atoms with Gasteiger partial charge in [-0.1, -0.05) is 11.6 Å². The lowest BCUT2D eigenvalue weighted by Gasteiger charge is -2.13. The molecule has 9 nitrogen and oxygen atoms in total. The summed E-state index contributed by atoms with van der Waals surface area (Å²) < 4.78 is 28.2. The molecule has 2 aromatic heterocycles. The molecule has 180 valence electrons. The summed E-state index contributed by atoms with van der Waals surface area (Å²) in [5.41, 5.74) is 2.28. The Morgan fingerprint density at radius 2 is 1.80 bits per heavy atom. The first-order valence-corrected chi connectivity index (χ1v) is 13.4. The Balaban J connectivity index is 1.34. The van der Waals surface area contributed by atoms with E-state index in [4.69, 9.17) is 11.6 Å². The molecule has 5 rings (SSSR count). The highest BCUT2D eigenvalue weighted by Crippen LogP contribution is 2.27. The summed E-state index contributed by atoms with van der Waals surface area (Å²) in [7, 11) is -4.03. The minimum absolute atomic E-state index is 0.0675. The van der Waals surface area contributed by atoms with E-state index in [-0.39, 0.29) is 9.77 Å². The minimum Gasteiger partial charge on any atom is -0.382 e. The van der Waals surface area contributed by atoms with Gasteiger partial charge >= 0.3 is 6.03 Å². The number of hydrogen-bond acceptors (Lipinski definition) is 7. The van der Waals surface area contributed by atoms with Crippen LogP contribution in [-0.2, 0) is 10.0 Å². The van der Waals surface area contributed by atoms with Crippen LogP contribution in [0.4, 0.5) is 16.2 Å². The summed E-state index contributed by atoms with van der Waals surface area (Å²) in [6.45, 7) is 1.75. The first-order chi connectivity index (χ1) is 16.7.